The Hall–Kier alpha value is -2.34. The maximum atomic E-state index is 12.1. The molecule has 0 amide bonds. The predicted molar refractivity (Wildman–Crippen MR) is 75.2 cm³/mol. The summed E-state index contributed by atoms with van der Waals surface area (Å²) in [6.07, 6.45) is 1.73. The Morgan fingerprint density at radius 3 is 2.65 bits per heavy atom. The number of carboxylic acids is 1. The van der Waals surface area contributed by atoms with Gasteiger partial charge in [0.25, 0.3) is 0 Å². The van der Waals surface area contributed by atoms with Gasteiger partial charge in [-0.3, -0.25) is 9.36 Å². The van der Waals surface area contributed by atoms with Gasteiger partial charge in [0.15, 0.2) is 0 Å². The van der Waals surface area contributed by atoms with Crippen LogP contribution in [0.3, 0.4) is 0 Å². The summed E-state index contributed by atoms with van der Waals surface area (Å²) in [7, 11) is 1.68. The van der Waals surface area contributed by atoms with E-state index in [0.717, 1.165) is 5.69 Å². The van der Waals surface area contributed by atoms with Crippen LogP contribution in [0.2, 0.25) is 0 Å². The zero-order valence-electron chi connectivity index (χ0n) is 11.4. The van der Waals surface area contributed by atoms with Crippen LogP contribution in [-0.2, 0) is 11.8 Å². The van der Waals surface area contributed by atoms with Gasteiger partial charge in [0, 0.05) is 25.5 Å². The topological polar surface area (TPSA) is 90.3 Å². The average molecular weight is 275 g/mol. The maximum absolute atomic E-state index is 12.1. The number of carbonyl (C=O) groups is 1. The van der Waals surface area contributed by atoms with Crippen molar-refractivity contribution in [3.63, 3.8) is 0 Å². The number of hydrogen-bond acceptors (Lipinski definition) is 3. The maximum Gasteiger partial charge on any atom is 0.332 e. The number of rotatable bonds is 4. The standard InChI is InChI=1S/C14H17N3O3/c1-9-8-16(2)14(20)17(9)11-5-3-4-10(6-11)12(7-15)13(18)19/h3-6,8,12H,7,15H2,1-2H3,(H,18,19). The second-order valence-corrected chi connectivity index (χ2v) is 4.72. The van der Waals surface area contributed by atoms with Crippen molar-refractivity contribution in [2.24, 2.45) is 12.8 Å². The van der Waals surface area contributed by atoms with Gasteiger partial charge in [-0.1, -0.05) is 12.1 Å². The Bertz CT molecular complexity index is 700. The van der Waals surface area contributed by atoms with Crippen molar-refractivity contribution in [3.8, 4) is 5.69 Å². The van der Waals surface area contributed by atoms with Gasteiger partial charge < -0.3 is 15.4 Å². The van der Waals surface area contributed by atoms with Gasteiger partial charge in [0.1, 0.15) is 0 Å². The van der Waals surface area contributed by atoms with E-state index in [4.69, 9.17) is 10.8 Å². The van der Waals surface area contributed by atoms with Gasteiger partial charge in [0.05, 0.1) is 11.6 Å². The monoisotopic (exact) mass is 275 g/mol. The molecular formula is C14H17N3O3. The SMILES string of the molecule is Cc1cn(C)c(=O)n1-c1cccc(C(CN)C(=O)O)c1. The number of carboxylic acid groups (broad SMARTS) is 1. The molecule has 20 heavy (non-hydrogen) atoms. The van der Waals surface area contributed by atoms with Crippen molar-refractivity contribution in [1.29, 1.82) is 0 Å². The van der Waals surface area contributed by atoms with Gasteiger partial charge in [-0.2, -0.15) is 0 Å². The van der Waals surface area contributed by atoms with E-state index < -0.39 is 11.9 Å². The highest BCUT2D eigenvalue weighted by Gasteiger charge is 2.19. The molecule has 6 heteroatoms. The van der Waals surface area contributed by atoms with E-state index in [1.165, 1.54) is 4.57 Å². The summed E-state index contributed by atoms with van der Waals surface area (Å²) in [5.74, 6) is -1.74. The van der Waals surface area contributed by atoms with Gasteiger partial charge >= 0.3 is 11.7 Å². The molecule has 2 rings (SSSR count). The first-order chi connectivity index (χ1) is 9.45. The molecule has 1 heterocycles. The summed E-state index contributed by atoms with van der Waals surface area (Å²) in [5, 5.41) is 9.15. The minimum atomic E-state index is -0.971. The highest BCUT2D eigenvalue weighted by Crippen LogP contribution is 2.19. The van der Waals surface area contributed by atoms with Crippen LogP contribution in [-0.4, -0.2) is 26.8 Å². The van der Waals surface area contributed by atoms with Gasteiger partial charge in [-0.25, -0.2) is 4.79 Å². The lowest BCUT2D eigenvalue weighted by Gasteiger charge is -2.12. The largest absolute Gasteiger partial charge is 0.481 e. The fraction of sp³-hybridized carbons (Fsp3) is 0.286. The minimum absolute atomic E-state index is 0.0153. The Balaban J connectivity index is 2.55. The van der Waals surface area contributed by atoms with Crippen LogP contribution in [0.25, 0.3) is 5.69 Å². The number of aryl methyl sites for hydroxylation is 2. The van der Waals surface area contributed by atoms with Gasteiger partial charge in [-0.05, 0) is 24.6 Å². The van der Waals surface area contributed by atoms with Crippen molar-refractivity contribution in [2.45, 2.75) is 12.8 Å². The fourth-order valence-electron chi connectivity index (χ4n) is 2.28. The van der Waals surface area contributed by atoms with Crippen LogP contribution in [0.15, 0.2) is 35.3 Å². The van der Waals surface area contributed by atoms with Crippen LogP contribution < -0.4 is 11.4 Å². The van der Waals surface area contributed by atoms with E-state index in [-0.39, 0.29) is 12.2 Å². The smallest absolute Gasteiger partial charge is 0.332 e. The molecular weight excluding hydrogens is 258 g/mol. The molecule has 0 aliphatic heterocycles. The Kier molecular flexibility index (Phi) is 3.76. The Morgan fingerprint density at radius 2 is 2.15 bits per heavy atom. The summed E-state index contributed by atoms with van der Waals surface area (Å²) >= 11 is 0. The molecule has 1 aromatic heterocycles. The Morgan fingerprint density at radius 1 is 1.45 bits per heavy atom. The molecule has 2 aromatic rings. The van der Waals surface area contributed by atoms with Crippen molar-refractivity contribution < 1.29 is 9.90 Å². The molecule has 0 aliphatic carbocycles. The average Bonchev–Trinajstić information content (AvgIpc) is 2.64. The van der Waals surface area contributed by atoms with Crippen LogP contribution in [0.5, 0.6) is 0 Å². The summed E-state index contributed by atoms with van der Waals surface area (Å²) in [4.78, 5) is 23.2. The molecule has 1 atom stereocenters. The van der Waals surface area contributed by atoms with Crippen LogP contribution in [0.1, 0.15) is 17.2 Å². The van der Waals surface area contributed by atoms with Gasteiger partial charge in [-0.15, -0.1) is 0 Å². The molecule has 3 N–H and O–H groups in total. The number of benzene rings is 1. The van der Waals surface area contributed by atoms with Crippen LogP contribution >= 0.6 is 0 Å². The van der Waals surface area contributed by atoms with E-state index >= 15 is 0 Å². The highest BCUT2D eigenvalue weighted by atomic mass is 16.4. The molecule has 0 spiro atoms. The number of aromatic nitrogens is 2. The lowest BCUT2D eigenvalue weighted by molar-refractivity contribution is -0.138. The molecule has 1 aromatic carbocycles. The van der Waals surface area contributed by atoms with Crippen molar-refractivity contribution >= 4 is 5.97 Å². The number of nitrogens with zero attached hydrogens (tertiary/aromatic N) is 2. The number of hydrogen-bond donors (Lipinski definition) is 2. The first-order valence-electron chi connectivity index (χ1n) is 6.24. The minimum Gasteiger partial charge on any atom is -0.481 e. The summed E-state index contributed by atoms with van der Waals surface area (Å²) in [6, 6.07) is 6.90. The fourth-order valence-corrected chi connectivity index (χ4v) is 2.28. The molecule has 0 bridgehead atoms. The first kappa shape index (κ1) is 14.1. The van der Waals surface area contributed by atoms with Crippen molar-refractivity contribution in [3.05, 3.63) is 52.2 Å². The van der Waals surface area contributed by atoms with Crippen LogP contribution in [0, 0.1) is 6.92 Å². The molecule has 1 unspecified atom stereocenters. The normalized spacial score (nSPS) is 12.3. The van der Waals surface area contributed by atoms with E-state index in [1.807, 2.05) is 6.92 Å². The molecule has 0 saturated carbocycles. The number of aliphatic carboxylic acids is 1. The van der Waals surface area contributed by atoms with E-state index in [2.05, 4.69) is 0 Å². The lowest BCUT2D eigenvalue weighted by Crippen LogP contribution is -2.23. The molecule has 0 fully saturated rings. The first-order valence-corrected chi connectivity index (χ1v) is 6.24. The zero-order valence-corrected chi connectivity index (χ0v) is 11.4. The van der Waals surface area contributed by atoms with E-state index in [0.29, 0.717) is 11.3 Å². The molecule has 106 valence electrons. The van der Waals surface area contributed by atoms with E-state index in [1.54, 1.807) is 42.1 Å². The van der Waals surface area contributed by atoms with Crippen molar-refractivity contribution in [2.75, 3.05) is 6.54 Å². The third-order valence-electron chi connectivity index (χ3n) is 3.29. The lowest BCUT2D eigenvalue weighted by atomic mass is 9.99. The molecule has 0 aliphatic rings. The van der Waals surface area contributed by atoms with Gasteiger partial charge in [0.2, 0.25) is 0 Å². The second kappa shape index (κ2) is 5.34. The second-order valence-electron chi connectivity index (χ2n) is 4.72. The van der Waals surface area contributed by atoms with Crippen LogP contribution in [0.4, 0.5) is 0 Å². The van der Waals surface area contributed by atoms with E-state index in [9.17, 15) is 9.59 Å². The number of nitrogens with two attached hydrogens (primary N) is 1. The van der Waals surface area contributed by atoms with Crippen molar-refractivity contribution in [1.82, 2.24) is 9.13 Å². The quantitative estimate of drug-likeness (QED) is 0.855. The summed E-state index contributed by atoms with van der Waals surface area (Å²) in [6.45, 7) is 1.84. The highest BCUT2D eigenvalue weighted by molar-refractivity contribution is 5.76. The zero-order chi connectivity index (χ0) is 14.9. The molecule has 6 nitrogen and oxygen atoms in total. The Labute approximate surface area is 116 Å². The summed E-state index contributed by atoms with van der Waals surface area (Å²) < 4.78 is 3.03. The molecule has 0 radical (unpaired) electrons. The predicted octanol–water partition coefficient (Wildman–Crippen LogP) is 0.611. The third-order valence-corrected chi connectivity index (χ3v) is 3.29. The third kappa shape index (κ3) is 2.37. The molecule has 0 saturated heterocycles. The number of imidazole rings is 1. The summed E-state index contributed by atoms with van der Waals surface area (Å²) in [5.41, 5.74) is 7.36.